The highest BCUT2D eigenvalue weighted by Crippen LogP contribution is 2.41. The normalized spacial score (nSPS) is 11.7. The van der Waals surface area contributed by atoms with E-state index in [1.165, 1.54) is 0 Å². The van der Waals surface area contributed by atoms with E-state index in [4.69, 9.17) is 24.4 Å². The Morgan fingerprint density at radius 1 is 0.383 bits per heavy atom. The molecule has 0 saturated carbocycles. The van der Waals surface area contributed by atoms with Crippen LogP contribution in [0.3, 0.4) is 0 Å². The largest absolute Gasteiger partial charge is 0.456 e. The van der Waals surface area contributed by atoms with Crippen molar-refractivity contribution in [1.29, 1.82) is 0 Å². The Labute approximate surface area is 342 Å². The van der Waals surface area contributed by atoms with Crippen LogP contribution in [0.4, 0.5) is 0 Å². The zero-order valence-electron chi connectivity index (χ0n) is 32.0. The van der Waals surface area contributed by atoms with Crippen LogP contribution in [0, 0.1) is 0 Å². The predicted molar refractivity (Wildman–Crippen MR) is 241 cm³/mol. The zero-order chi connectivity index (χ0) is 39.7. The fourth-order valence-electron chi connectivity index (χ4n) is 8.58. The molecule has 0 radical (unpaired) electrons. The number of benzene rings is 8. The smallest absolute Gasteiger partial charge is 0.264 e. The highest BCUT2D eigenvalue weighted by molar-refractivity contribution is 6.16. The standard InChI is InChI=1S/C53H31N5O2/c59-53-40-23-11-10-22-39(40)42-30-38(32-14-4-1-5-15-32)31-44-48(42)58(53)52(54-44)41-24-13-25-46-47(41)43-29-36(26-27-45(43)60-46)35-20-12-21-37(28-35)51-56-49(33-16-6-2-7-17-33)55-50(57-51)34-18-8-3-9-19-34/h1-31H. The molecule has 0 spiro atoms. The average molecular weight is 770 g/mol. The summed E-state index contributed by atoms with van der Waals surface area (Å²) >= 11 is 0. The van der Waals surface area contributed by atoms with Crippen molar-refractivity contribution in [3.05, 3.63) is 198 Å². The van der Waals surface area contributed by atoms with Gasteiger partial charge in [-0.25, -0.2) is 19.9 Å². The van der Waals surface area contributed by atoms with E-state index in [2.05, 4.69) is 48.5 Å². The van der Waals surface area contributed by atoms with Gasteiger partial charge >= 0.3 is 0 Å². The van der Waals surface area contributed by atoms with Gasteiger partial charge in [-0.05, 0) is 70.1 Å². The Morgan fingerprint density at radius 3 is 1.67 bits per heavy atom. The molecule has 7 nitrogen and oxygen atoms in total. The summed E-state index contributed by atoms with van der Waals surface area (Å²) in [7, 11) is 0. The third-order valence-corrected chi connectivity index (χ3v) is 11.4. The van der Waals surface area contributed by atoms with Gasteiger partial charge < -0.3 is 4.42 Å². The van der Waals surface area contributed by atoms with E-state index in [1.54, 1.807) is 4.40 Å². The van der Waals surface area contributed by atoms with Gasteiger partial charge in [0.1, 0.15) is 17.0 Å². The van der Waals surface area contributed by atoms with Crippen LogP contribution in [0.1, 0.15) is 0 Å². The van der Waals surface area contributed by atoms with E-state index in [-0.39, 0.29) is 5.56 Å². The lowest BCUT2D eigenvalue weighted by atomic mass is 9.99. The van der Waals surface area contributed by atoms with Crippen molar-refractivity contribution in [3.8, 4) is 67.8 Å². The third kappa shape index (κ3) is 5.41. The highest BCUT2D eigenvalue weighted by atomic mass is 16.3. The number of pyridine rings is 1. The van der Waals surface area contributed by atoms with Gasteiger partial charge in [0.05, 0.1) is 11.0 Å². The lowest BCUT2D eigenvalue weighted by molar-refractivity contribution is 0.669. The van der Waals surface area contributed by atoms with E-state index in [0.29, 0.717) is 34.3 Å². The Morgan fingerprint density at radius 2 is 0.950 bits per heavy atom. The van der Waals surface area contributed by atoms with Crippen LogP contribution in [0.25, 0.3) is 117 Å². The first kappa shape index (κ1) is 33.8. The van der Waals surface area contributed by atoms with Gasteiger partial charge in [-0.2, -0.15) is 0 Å². The van der Waals surface area contributed by atoms with Crippen LogP contribution >= 0.6 is 0 Å². The second-order valence-electron chi connectivity index (χ2n) is 15.0. The second kappa shape index (κ2) is 13.4. The molecule has 0 atom stereocenters. The van der Waals surface area contributed by atoms with Crippen molar-refractivity contribution >= 4 is 49.1 Å². The number of furan rings is 1. The predicted octanol–water partition coefficient (Wildman–Crippen LogP) is 12.5. The van der Waals surface area contributed by atoms with Crippen molar-refractivity contribution < 1.29 is 4.42 Å². The lowest BCUT2D eigenvalue weighted by Gasteiger charge is -2.10. The molecule has 12 rings (SSSR count). The summed E-state index contributed by atoms with van der Waals surface area (Å²) < 4.78 is 8.30. The van der Waals surface area contributed by atoms with Crippen molar-refractivity contribution in [1.82, 2.24) is 24.3 Å². The van der Waals surface area contributed by atoms with Crippen LogP contribution in [0.15, 0.2) is 197 Å². The van der Waals surface area contributed by atoms with E-state index in [1.807, 2.05) is 140 Å². The molecule has 0 amide bonds. The molecule has 0 saturated heterocycles. The number of nitrogens with zero attached hydrogens (tertiary/aromatic N) is 5. The quantitative estimate of drug-likeness (QED) is 0.157. The van der Waals surface area contributed by atoms with Gasteiger partial charge in [-0.3, -0.25) is 9.20 Å². The molecule has 0 aliphatic carbocycles. The Balaban J connectivity index is 1.03. The summed E-state index contributed by atoms with van der Waals surface area (Å²) in [5.41, 5.74) is 10.6. The minimum atomic E-state index is -0.102. The van der Waals surface area contributed by atoms with Gasteiger partial charge in [0.2, 0.25) is 0 Å². The monoisotopic (exact) mass is 769 g/mol. The number of aromatic nitrogens is 5. The van der Waals surface area contributed by atoms with Crippen molar-refractivity contribution in [3.63, 3.8) is 0 Å². The Hall–Kier alpha value is -8.29. The molecule has 0 fully saturated rings. The molecule has 0 unspecified atom stereocenters. The first-order valence-corrected chi connectivity index (χ1v) is 19.8. The van der Waals surface area contributed by atoms with Crippen molar-refractivity contribution in [2.24, 2.45) is 0 Å². The summed E-state index contributed by atoms with van der Waals surface area (Å²) in [6.07, 6.45) is 0. The minimum Gasteiger partial charge on any atom is -0.456 e. The molecule has 4 aromatic heterocycles. The molecule has 0 bridgehead atoms. The second-order valence-corrected chi connectivity index (χ2v) is 15.0. The first-order valence-electron chi connectivity index (χ1n) is 19.8. The molecular formula is C53H31N5O2. The molecule has 8 aromatic carbocycles. The maximum Gasteiger partial charge on any atom is 0.264 e. The fourth-order valence-corrected chi connectivity index (χ4v) is 8.58. The molecule has 4 heterocycles. The minimum absolute atomic E-state index is 0.102. The van der Waals surface area contributed by atoms with E-state index in [9.17, 15) is 4.79 Å². The fraction of sp³-hybridized carbons (Fsp3) is 0. The highest BCUT2D eigenvalue weighted by Gasteiger charge is 2.23. The van der Waals surface area contributed by atoms with Gasteiger partial charge in [0.15, 0.2) is 17.5 Å². The molecule has 0 aliphatic rings. The number of hydrogen-bond donors (Lipinski definition) is 0. The number of rotatable bonds is 6. The average Bonchev–Trinajstić information content (AvgIpc) is 3.90. The summed E-state index contributed by atoms with van der Waals surface area (Å²) in [6.45, 7) is 0. The lowest BCUT2D eigenvalue weighted by Crippen LogP contribution is -2.14. The van der Waals surface area contributed by atoms with Crippen LogP contribution in [-0.2, 0) is 0 Å². The van der Waals surface area contributed by atoms with Gasteiger partial charge in [-0.15, -0.1) is 0 Å². The van der Waals surface area contributed by atoms with Crippen LogP contribution in [0.2, 0.25) is 0 Å². The van der Waals surface area contributed by atoms with Crippen molar-refractivity contribution in [2.75, 3.05) is 0 Å². The molecule has 60 heavy (non-hydrogen) atoms. The molecule has 0 N–H and O–H groups in total. The van der Waals surface area contributed by atoms with Crippen molar-refractivity contribution in [2.45, 2.75) is 0 Å². The maximum atomic E-state index is 14.5. The first-order chi connectivity index (χ1) is 29.6. The third-order valence-electron chi connectivity index (χ3n) is 11.4. The molecular weight excluding hydrogens is 739 g/mol. The Bertz CT molecular complexity index is 3620. The summed E-state index contributed by atoms with van der Waals surface area (Å²) in [4.78, 5) is 34.6. The topological polar surface area (TPSA) is 86.2 Å². The van der Waals surface area contributed by atoms with Gasteiger partial charge in [0.25, 0.3) is 5.56 Å². The van der Waals surface area contributed by atoms with E-state index in [0.717, 1.165) is 82.7 Å². The maximum absolute atomic E-state index is 14.5. The number of imidazole rings is 1. The van der Waals surface area contributed by atoms with Gasteiger partial charge in [0, 0.05) is 43.8 Å². The van der Waals surface area contributed by atoms with E-state index < -0.39 is 0 Å². The SMILES string of the molecule is O=c1c2ccccc2c2cc(-c3ccccc3)cc3nc(-c4cccc5oc6ccc(-c7cccc(-c8nc(-c9ccccc9)nc(-c9ccccc9)n8)c7)cc6c45)n1c32. The Kier molecular flexibility index (Phi) is 7.55. The zero-order valence-corrected chi connectivity index (χ0v) is 32.0. The summed E-state index contributed by atoms with van der Waals surface area (Å²) in [5.74, 6) is 2.39. The van der Waals surface area contributed by atoms with Crippen LogP contribution in [-0.4, -0.2) is 24.3 Å². The van der Waals surface area contributed by atoms with Crippen LogP contribution < -0.4 is 5.56 Å². The number of fused-ring (bicyclic) bond motifs is 5. The summed E-state index contributed by atoms with van der Waals surface area (Å²) in [6, 6.07) is 62.9. The van der Waals surface area contributed by atoms with E-state index >= 15 is 0 Å². The number of hydrogen-bond acceptors (Lipinski definition) is 6. The van der Waals surface area contributed by atoms with Crippen LogP contribution in [0.5, 0.6) is 0 Å². The summed E-state index contributed by atoms with van der Waals surface area (Å²) in [5, 5.41) is 4.36. The molecule has 7 heteroatoms. The van der Waals surface area contributed by atoms with Gasteiger partial charge in [-0.1, -0.05) is 146 Å². The molecule has 0 aliphatic heterocycles. The molecule has 12 aromatic rings. The molecule has 280 valence electrons.